The zero-order valence-electron chi connectivity index (χ0n) is 17.8. The molecule has 4 aromatic rings. The number of anilines is 1. The van der Waals surface area contributed by atoms with Crippen molar-refractivity contribution in [2.45, 2.75) is 43.5 Å². The van der Waals surface area contributed by atoms with E-state index < -0.39 is 0 Å². The summed E-state index contributed by atoms with van der Waals surface area (Å²) in [5.41, 5.74) is 3.73. The summed E-state index contributed by atoms with van der Waals surface area (Å²) in [4.78, 5) is 11.5. The number of nitrogens with one attached hydrogen (secondary N) is 1. The number of nitrogens with zero attached hydrogens (tertiary/aromatic N) is 5. The van der Waals surface area contributed by atoms with Gasteiger partial charge in [0.2, 0.25) is 17.7 Å². The van der Waals surface area contributed by atoms with Crippen LogP contribution >= 0.6 is 11.8 Å². The summed E-state index contributed by atoms with van der Waals surface area (Å²) < 4.78 is 7.92. The van der Waals surface area contributed by atoms with Crippen molar-refractivity contribution in [2.75, 3.05) is 5.32 Å². The van der Waals surface area contributed by atoms with Gasteiger partial charge in [0.15, 0.2) is 5.16 Å². The molecule has 0 unspecified atom stereocenters. The first-order chi connectivity index (χ1) is 15.6. The van der Waals surface area contributed by atoms with Gasteiger partial charge in [-0.3, -0.25) is 9.36 Å². The summed E-state index contributed by atoms with van der Waals surface area (Å²) >= 11 is 1.50. The van der Waals surface area contributed by atoms with Crippen LogP contribution in [0.25, 0.3) is 17.1 Å². The smallest absolute Gasteiger partial charge is 0.247 e. The average Bonchev–Trinajstić information content (AvgIpc) is 3.36. The van der Waals surface area contributed by atoms with Gasteiger partial charge < -0.3 is 9.73 Å². The van der Waals surface area contributed by atoms with E-state index in [9.17, 15) is 4.79 Å². The summed E-state index contributed by atoms with van der Waals surface area (Å²) in [6.45, 7) is 3.54. The summed E-state index contributed by atoms with van der Waals surface area (Å²) in [5, 5.41) is 20.8. The quantitative estimate of drug-likeness (QED) is 0.409. The third-order valence-corrected chi connectivity index (χ3v) is 6.03. The third-order valence-electron chi connectivity index (χ3n) is 5.12. The van der Waals surface area contributed by atoms with E-state index in [1.165, 1.54) is 24.2 Å². The van der Waals surface area contributed by atoms with Gasteiger partial charge in [0.1, 0.15) is 5.82 Å². The van der Waals surface area contributed by atoms with Gasteiger partial charge in [-0.25, -0.2) is 0 Å². The Kier molecular flexibility index (Phi) is 5.48. The molecule has 9 heteroatoms. The second kappa shape index (κ2) is 8.58. The topological polar surface area (TPSA) is 98.7 Å². The minimum Gasteiger partial charge on any atom is -0.420 e. The Morgan fingerprint density at radius 1 is 1.12 bits per heavy atom. The molecule has 5 rings (SSSR count). The molecule has 1 saturated carbocycles. The Bertz CT molecular complexity index is 1260. The number of amides is 1. The lowest BCUT2D eigenvalue weighted by Crippen LogP contribution is -2.07. The van der Waals surface area contributed by atoms with Crippen molar-refractivity contribution in [3.8, 4) is 17.1 Å². The molecule has 2 aromatic carbocycles. The number of hydrogen-bond acceptors (Lipinski definition) is 7. The zero-order chi connectivity index (χ0) is 22.1. The molecule has 0 atom stereocenters. The maximum atomic E-state index is 11.5. The Labute approximate surface area is 189 Å². The van der Waals surface area contributed by atoms with E-state index in [-0.39, 0.29) is 5.91 Å². The molecule has 0 radical (unpaired) electrons. The van der Waals surface area contributed by atoms with Gasteiger partial charge in [0, 0.05) is 24.1 Å². The van der Waals surface area contributed by atoms with Crippen LogP contribution in [0.2, 0.25) is 0 Å². The van der Waals surface area contributed by atoms with Crippen molar-refractivity contribution in [1.29, 1.82) is 0 Å². The molecule has 0 bridgehead atoms. The Morgan fingerprint density at radius 2 is 1.94 bits per heavy atom. The van der Waals surface area contributed by atoms with Crippen LogP contribution in [-0.2, 0) is 10.5 Å². The van der Waals surface area contributed by atoms with E-state index >= 15 is 0 Å². The van der Waals surface area contributed by atoms with Crippen molar-refractivity contribution in [3.05, 3.63) is 65.8 Å². The largest absolute Gasteiger partial charge is 0.420 e. The molecule has 8 nitrogen and oxygen atoms in total. The molecule has 1 aliphatic rings. The van der Waals surface area contributed by atoms with Crippen LogP contribution in [0.3, 0.4) is 0 Å². The number of aromatic nitrogens is 5. The molecule has 2 aromatic heterocycles. The minimum absolute atomic E-state index is 0.108. The number of aryl methyl sites for hydroxylation is 1. The first-order valence-corrected chi connectivity index (χ1v) is 11.4. The fourth-order valence-corrected chi connectivity index (χ4v) is 4.20. The number of carbonyl (C=O) groups is 1. The van der Waals surface area contributed by atoms with E-state index in [2.05, 4.69) is 30.3 Å². The molecule has 0 saturated heterocycles. The van der Waals surface area contributed by atoms with Gasteiger partial charge in [-0.15, -0.1) is 20.4 Å². The van der Waals surface area contributed by atoms with Crippen LogP contribution in [0.15, 0.2) is 58.1 Å². The first kappa shape index (κ1) is 20.4. The molecule has 1 amide bonds. The maximum Gasteiger partial charge on any atom is 0.247 e. The predicted octanol–water partition coefficient (Wildman–Crippen LogP) is 4.75. The highest BCUT2D eigenvalue weighted by Crippen LogP contribution is 2.41. The van der Waals surface area contributed by atoms with Crippen LogP contribution in [0, 0.1) is 6.92 Å². The lowest BCUT2D eigenvalue weighted by atomic mass is 10.1. The first-order valence-electron chi connectivity index (χ1n) is 10.4. The molecule has 0 spiro atoms. The van der Waals surface area contributed by atoms with Gasteiger partial charge >= 0.3 is 0 Å². The van der Waals surface area contributed by atoms with Crippen LogP contribution in [0.1, 0.15) is 43.0 Å². The predicted molar refractivity (Wildman–Crippen MR) is 122 cm³/mol. The third kappa shape index (κ3) is 4.43. The van der Waals surface area contributed by atoms with Crippen LogP contribution in [-0.4, -0.2) is 30.9 Å². The Morgan fingerprint density at radius 3 is 2.69 bits per heavy atom. The maximum absolute atomic E-state index is 11.5. The number of thioether (sulfide) groups is 1. The lowest BCUT2D eigenvalue weighted by molar-refractivity contribution is -0.114. The average molecular weight is 447 g/mol. The molecule has 1 fully saturated rings. The van der Waals surface area contributed by atoms with Crippen molar-refractivity contribution < 1.29 is 9.21 Å². The molecule has 0 aliphatic heterocycles. The van der Waals surface area contributed by atoms with Gasteiger partial charge in [-0.1, -0.05) is 35.5 Å². The number of benzene rings is 2. The van der Waals surface area contributed by atoms with Crippen molar-refractivity contribution in [3.63, 3.8) is 0 Å². The lowest BCUT2D eigenvalue weighted by Gasteiger charge is -2.11. The summed E-state index contributed by atoms with van der Waals surface area (Å²) in [6, 6.07) is 15.7. The van der Waals surface area contributed by atoms with Crippen LogP contribution in [0.5, 0.6) is 0 Å². The zero-order valence-corrected chi connectivity index (χ0v) is 18.6. The second-order valence-corrected chi connectivity index (χ2v) is 8.78. The summed E-state index contributed by atoms with van der Waals surface area (Å²) in [5.74, 6) is 2.76. The highest BCUT2D eigenvalue weighted by atomic mass is 32.2. The van der Waals surface area contributed by atoms with Crippen molar-refractivity contribution >= 4 is 23.4 Å². The normalized spacial score (nSPS) is 13.3. The Balaban J connectivity index is 1.38. The van der Waals surface area contributed by atoms with Crippen LogP contribution < -0.4 is 5.32 Å². The number of rotatable bonds is 7. The molecule has 1 N–H and O–H groups in total. The highest BCUT2D eigenvalue weighted by Gasteiger charge is 2.31. The van der Waals surface area contributed by atoms with Gasteiger partial charge in [0.25, 0.3) is 0 Å². The molecular weight excluding hydrogens is 424 g/mol. The van der Waals surface area contributed by atoms with Gasteiger partial charge in [-0.05, 0) is 50.1 Å². The van der Waals surface area contributed by atoms with E-state index in [4.69, 9.17) is 4.42 Å². The highest BCUT2D eigenvalue weighted by molar-refractivity contribution is 7.98. The van der Waals surface area contributed by atoms with E-state index in [0.29, 0.717) is 23.5 Å². The van der Waals surface area contributed by atoms with Gasteiger partial charge in [-0.2, -0.15) is 0 Å². The standard InChI is InChI=1S/C23H22N6O2S/c1-14-6-8-17(9-7-14)22-27-25-20(31-22)13-32-23-28-26-21(16-10-11-16)29(23)19-5-3-4-18(12-19)24-15(2)30/h3-9,12,16H,10-11,13H2,1-2H3,(H,24,30). The fourth-order valence-electron chi connectivity index (χ4n) is 3.40. The van der Waals surface area contributed by atoms with E-state index in [1.807, 2.05) is 55.5 Å². The number of hydrogen-bond donors (Lipinski definition) is 1. The molecule has 1 aliphatic carbocycles. The van der Waals surface area contributed by atoms with Gasteiger partial charge in [0.05, 0.1) is 11.4 Å². The Hall–Kier alpha value is -3.46. The van der Waals surface area contributed by atoms with Crippen molar-refractivity contribution in [2.24, 2.45) is 0 Å². The minimum atomic E-state index is -0.108. The number of carbonyl (C=O) groups excluding carboxylic acids is 1. The van der Waals surface area contributed by atoms with Crippen molar-refractivity contribution in [1.82, 2.24) is 25.0 Å². The monoisotopic (exact) mass is 446 g/mol. The summed E-state index contributed by atoms with van der Waals surface area (Å²) in [7, 11) is 0. The SMILES string of the molecule is CC(=O)Nc1cccc(-n2c(SCc3nnc(-c4ccc(C)cc4)o3)nnc2C2CC2)c1. The van der Waals surface area contributed by atoms with Crippen LogP contribution in [0.4, 0.5) is 5.69 Å². The fraction of sp³-hybridized carbons (Fsp3) is 0.261. The van der Waals surface area contributed by atoms with E-state index in [1.54, 1.807) is 0 Å². The molecular formula is C23H22N6O2S. The molecule has 32 heavy (non-hydrogen) atoms. The summed E-state index contributed by atoms with van der Waals surface area (Å²) in [6.07, 6.45) is 2.22. The molecule has 162 valence electrons. The van der Waals surface area contributed by atoms with E-state index in [0.717, 1.165) is 40.8 Å². The second-order valence-electron chi connectivity index (χ2n) is 7.84. The molecule has 2 heterocycles.